The molecule has 1 aliphatic heterocycles. The van der Waals surface area contributed by atoms with Crippen LogP contribution < -0.4 is 20.5 Å². The van der Waals surface area contributed by atoms with Crippen LogP contribution >= 0.6 is 0 Å². The van der Waals surface area contributed by atoms with Crippen molar-refractivity contribution in [2.24, 2.45) is 0 Å². The van der Waals surface area contributed by atoms with Crippen molar-refractivity contribution in [3.8, 4) is 11.5 Å². The van der Waals surface area contributed by atoms with E-state index < -0.39 is 6.04 Å². The number of carbonyl (C=O) groups excluding carboxylic acids is 1. The Balaban J connectivity index is 1.48. The van der Waals surface area contributed by atoms with Crippen LogP contribution in [-0.2, 0) is 4.79 Å². The predicted octanol–water partition coefficient (Wildman–Crippen LogP) is 3.84. The van der Waals surface area contributed by atoms with Gasteiger partial charge in [0.1, 0.15) is 6.04 Å². The molecule has 6 rings (SSSR count). The van der Waals surface area contributed by atoms with E-state index in [0.717, 1.165) is 27.7 Å². The second-order valence-corrected chi connectivity index (χ2v) is 8.72. The van der Waals surface area contributed by atoms with Crippen molar-refractivity contribution in [2.45, 2.75) is 24.8 Å². The molecule has 2 aromatic carbocycles. The van der Waals surface area contributed by atoms with Gasteiger partial charge in [0, 0.05) is 29.3 Å². The maximum absolute atomic E-state index is 13.8. The maximum Gasteiger partial charge on any atom is 0.241 e. The second-order valence-electron chi connectivity index (χ2n) is 8.72. The molecule has 0 radical (unpaired) electrons. The van der Waals surface area contributed by atoms with Gasteiger partial charge in [-0.25, -0.2) is 4.68 Å². The number of para-hydroxylation sites is 1. The number of rotatable bonds is 4. The van der Waals surface area contributed by atoms with Crippen LogP contribution in [0.15, 0.2) is 66.0 Å². The molecule has 1 aliphatic carbocycles. The summed E-state index contributed by atoms with van der Waals surface area (Å²) in [5.41, 5.74) is 10.3. The summed E-state index contributed by atoms with van der Waals surface area (Å²) in [6, 6.07) is 15.2. The van der Waals surface area contributed by atoms with Crippen molar-refractivity contribution in [3.63, 3.8) is 0 Å². The topological polar surface area (TPSA) is 117 Å². The highest BCUT2D eigenvalue weighted by atomic mass is 16.5. The summed E-state index contributed by atoms with van der Waals surface area (Å²) < 4.78 is 12.6. The first kappa shape index (κ1) is 21.2. The van der Waals surface area contributed by atoms with E-state index in [1.54, 1.807) is 25.1 Å². The number of pyridine rings is 1. The molecular formula is C26H24N6O3. The van der Waals surface area contributed by atoms with Gasteiger partial charge < -0.3 is 20.5 Å². The third-order valence-corrected chi connectivity index (χ3v) is 6.79. The van der Waals surface area contributed by atoms with Crippen LogP contribution in [0, 0.1) is 0 Å². The molecule has 0 bridgehead atoms. The quantitative estimate of drug-likeness (QED) is 0.464. The lowest BCUT2D eigenvalue weighted by atomic mass is 9.77. The minimum Gasteiger partial charge on any atom is -0.493 e. The fourth-order valence-corrected chi connectivity index (χ4v) is 5.21. The number of benzene rings is 2. The normalized spacial score (nSPS) is 19.2. The van der Waals surface area contributed by atoms with Crippen molar-refractivity contribution in [3.05, 3.63) is 77.1 Å². The third-order valence-electron chi connectivity index (χ3n) is 6.79. The van der Waals surface area contributed by atoms with E-state index in [0.29, 0.717) is 35.9 Å². The van der Waals surface area contributed by atoms with Crippen LogP contribution in [0.4, 0.5) is 11.9 Å². The van der Waals surface area contributed by atoms with Crippen LogP contribution in [0.25, 0.3) is 10.9 Å². The molecule has 0 spiro atoms. The minimum absolute atomic E-state index is 0.0183. The summed E-state index contributed by atoms with van der Waals surface area (Å²) in [7, 11) is 3.22. The number of anilines is 2. The third kappa shape index (κ3) is 3.39. The monoisotopic (exact) mass is 468 g/mol. The van der Waals surface area contributed by atoms with Gasteiger partial charge in [0.15, 0.2) is 17.3 Å². The van der Waals surface area contributed by atoms with Gasteiger partial charge in [0.2, 0.25) is 11.9 Å². The zero-order valence-corrected chi connectivity index (χ0v) is 19.4. The van der Waals surface area contributed by atoms with E-state index in [9.17, 15) is 4.79 Å². The Labute approximate surface area is 201 Å². The van der Waals surface area contributed by atoms with Gasteiger partial charge in [-0.1, -0.05) is 24.3 Å². The molecule has 2 aliphatic rings. The molecule has 0 fully saturated rings. The van der Waals surface area contributed by atoms with Crippen LogP contribution in [0.3, 0.4) is 0 Å². The maximum atomic E-state index is 13.8. The predicted molar refractivity (Wildman–Crippen MR) is 131 cm³/mol. The largest absolute Gasteiger partial charge is 0.493 e. The molecule has 4 aromatic rings. The van der Waals surface area contributed by atoms with E-state index >= 15 is 0 Å². The van der Waals surface area contributed by atoms with Gasteiger partial charge in [-0.2, -0.15) is 4.98 Å². The van der Waals surface area contributed by atoms with E-state index in [1.165, 1.54) is 0 Å². The average molecular weight is 469 g/mol. The molecule has 9 nitrogen and oxygen atoms in total. The molecule has 0 amide bonds. The van der Waals surface area contributed by atoms with Crippen LogP contribution in [0.5, 0.6) is 11.5 Å². The Morgan fingerprint density at radius 1 is 1.06 bits per heavy atom. The Hall–Kier alpha value is -4.40. The number of hydrogen-bond acceptors (Lipinski definition) is 8. The van der Waals surface area contributed by atoms with Gasteiger partial charge >= 0.3 is 0 Å². The van der Waals surface area contributed by atoms with Gasteiger partial charge in [-0.15, -0.1) is 5.10 Å². The first-order valence-corrected chi connectivity index (χ1v) is 11.4. The summed E-state index contributed by atoms with van der Waals surface area (Å²) >= 11 is 0. The van der Waals surface area contributed by atoms with Crippen molar-refractivity contribution in [1.29, 1.82) is 0 Å². The first-order chi connectivity index (χ1) is 17.1. The highest BCUT2D eigenvalue weighted by Crippen LogP contribution is 2.46. The molecule has 2 aromatic heterocycles. The number of carbonyl (C=O) groups is 1. The number of aromatic nitrogens is 4. The van der Waals surface area contributed by atoms with E-state index in [2.05, 4.69) is 20.4 Å². The average Bonchev–Trinajstić information content (AvgIpc) is 3.26. The lowest BCUT2D eigenvalue weighted by Gasteiger charge is -2.35. The summed E-state index contributed by atoms with van der Waals surface area (Å²) in [5.74, 6) is 2.01. The summed E-state index contributed by atoms with van der Waals surface area (Å²) in [4.78, 5) is 22.7. The molecule has 3 heterocycles. The molecule has 3 N–H and O–H groups in total. The fourth-order valence-electron chi connectivity index (χ4n) is 5.21. The number of Topliss-reactive ketones (excluding diaryl/α,β-unsaturated/α-hetero) is 1. The van der Waals surface area contributed by atoms with Crippen LogP contribution in [0.2, 0.25) is 0 Å². The Morgan fingerprint density at radius 3 is 2.71 bits per heavy atom. The highest BCUT2D eigenvalue weighted by Gasteiger charge is 2.40. The number of nitrogens with two attached hydrogens (primary N) is 1. The second kappa shape index (κ2) is 8.12. The van der Waals surface area contributed by atoms with Crippen molar-refractivity contribution < 1.29 is 14.3 Å². The van der Waals surface area contributed by atoms with E-state index in [-0.39, 0.29) is 17.6 Å². The number of nitrogens with one attached hydrogen (secondary N) is 1. The number of ketones is 1. The summed E-state index contributed by atoms with van der Waals surface area (Å²) in [6.45, 7) is 0. The molecule has 9 heteroatoms. The van der Waals surface area contributed by atoms with Crippen LogP contribution in [-0.4, -0.2) is 39.8 Å². The molecule has 35 heavy (non-hydrogen) atoms. The van der Waals surface area contributed by atoms with Gasteiger partial charge in [-0.05, 0) is 47.7 Å². The minimum atomic E-state index is -0.446. The molecule has 2 atom stereocenters. The summed E-state index contributed by atoms with van der Waals surface area (Å²) in [5, 5.41) is 8.75. The number of ether oxygens (including phenoxy) is 2. The number of nitrogen functional groups attached to an aromatic ring is 1. The number of hydrogen-bond donors (Lipinski definition) is 2. The zero-order chi connectivity index (χ0) is 24.1. The highest BCUT2D eigenvalue weighted by molar-refractivity contribution is 6.01. The van der Waals surface area contributed by atoms with E-state index in [4.69, 9.17) is 15.2 Å². The molecular weight excluding hydrogens is 444 g/mol. The number of nitrogens with zero attached hydrogens (tertiary/aromatic N) is 4. The fraction of sp³-hybridized carbons (Fsp3) is 0.231. The number of methoxy groups -OCH3 is 2. The molecule has 0 saturated carbocycles. The number of allylic oxidation sites excluding steroid dienone is 2. The Bertz CT molecular complexity index is 1500. The van der Waals surface area contributed by atoms with Crippen molar-refractivity contribution >= 4 is 28.6 Å². The smallest absolute Gasteiger partial charge is 0.241 e. The Morgan fingerprint density at radius 2 is 1.89 bits per heavy atom. The lowest BCUT2D eigenvalue weighted by Crippen LogP contribution is -2.33. The van der Waals surface area contributed by atoms with Crippen LogP contribution in [0.1, 0.15) is 35.9 Å². The first-order valence-electron chi connectivity index (χ1n) is 11.4. The van der Waals surface area contributed by atoms with Gasteiger partial charge in [-0.3, -0.25) is 9.78 Å². The Kier molecular flexibility index (Phi) is 4.91. The zero-order valence-electron chi connectivity index (χ0n) is 19.4. The van der Waals surface area contributed by atoms with Gasteiger partial charge in [0.25, 0.3) is 0 Å². The lowest BCUT2D eigenvalue weighted by molar-refractivity contribution is -0.116. The molecule has 0 unspecified atom stereocenters. The van der Waals surface area contributed by atoms with Gasteiger partial charge in [0.05, 0.1) is 19.7 Å². The molecule has 0 saturated heterocycles. The summed E-state index contributed by atoms with van der Waals surface area (Å²) in [6.07, 6.45) is 2.78. The van der Waals surface area contributed by atoms with E-state index in [1.807, 2.05) is 48.5 Å². The van der Waals surface area contributed by atoms with Crippen molar-refractivity contribution in [1.82, 2.24) is 19.7 Å². The SMILES string of the molecule is COc1ccc([C@@H]2CC(=O)C3=C(C2)Nc2nc(N)nn2[C@H]3c2ccnc3ccccc23)cc1OC. The standard InChI is InChI=1S/C26H24N6O3/c1-34-21-8-7-14(13-22(21)35-2)15-11-19-23(20(33)12-15)24(32-26(29-19)30-25(27)31-32)17-9-10-28-18-6-4-3-5-16(17)18/h3-10,13,15,24H,11-12H2,1-2H3,(H3,27,29,30,31)/t15-,24-/m0/s1. The number of fused-ring (bicyclic) bond motifs is 2. The van der Waals surface area contributed by atoms with Crippen molar-refractivity contribution in [2.75, 3.05) is 25.3 Å². The molecule has 176 valence electrons.